The zero-order valence-corrected chi connectivity index (χ0v) is 12.2. The molecule has 1 aromatic heterocycles. The van der Waals surface area contributed by atoms with Crippen LogP contribution in [0.2, 0.25) is 0 Å². The second-order valence-electron chi connectivity index (χ2n) is 5.04. The number of aliphatic hydroxyl groups is 1. The van der Waals surface area contributed by atoms with Gasteiger partial charge in [0.25, 0.3) is 0 Å². The Balaban J connectivity index is 1.97. The first-order chi connectivity index (χ1) is 8.76. The SMILES string of the molecule is CCCN1CCN(C(CO)c2sccc2C)CC1. The van der Waals surface area contributed by atoms with Crippen LogP contribution in [0.15, 0.2) is 11.4 Å². The van der Waals surface area contributed by atoms with E-state index < -0.39 is 0 Å². The molecule has 102 valence electrons. The second kappa shape index (κ2) is 6.66. The Hall–Kier alpha value is -0.420. The maximum absolute atomic E-state index is 9.70. The van der Waals surface area contributed by atoms with Gasteiger partial charge < -0.3 is 10.0 Å². The van der Waals surface area contributed by atoms with Crippen molar-refractivity contribution in [3.8, 4) is 0 Å². The van der Waals surface area contributed by atoms with Crippen molar-refractivity contribution >= 4 is 11.3 Å². The van der Waals surface area contributed by atoms with Gasteiger partial charge in [-0.05, 0) is 36.9 Å². The molecule has 1 aromatic rings. The van der Waals surface area contributed by atoms with Gasteiger partial charge in [0.1, 0.15) is 0 Å². The van der Waals surface area contributed by atoms with Crippen LogP contribution in [-0.4, -0.2) is 54.2 Å². The lowest BCUT2D eigenvalue weighted by Crippen LogP contribution is -2.48. The van der Waals surface area contributed by atoms with E-state index in [-0.39, 0.29) is 12.6 Å². The number of aryl methyl sites for hydroxylation is 1. The number of piperazine rings is 1. The summed E-state index contributed by atoms with van der Waals surface area (Å²) in [5.74, 6) is 0. The van der Waals surface area contributed by atoms with Crippen molar-refractivity contribution in [3.05, 3.63) is 21.9 Å². The van der Waals surface area contributed by atoms with Gasteiger partial charge in [-0.1, -0.05) is 6.92 Å². The molecule has 1 aliphatic heterocycles. The van der Waals surface area contributed by atoms with E-state index in [4.69, 9.17) is 0 Å². The average Bonchev–Trinajstić information content (AvgIpc) is 2.79. The van der Waals surface area contributed by atoms with E-state index >= 15 is 0 Å². The largest absolute Gasteiger partial charge is 0.394 e. The van der Waals surface area contributed by atoms with Gasteiger partial charge in [-0.25, -0.2) is 0 Å². The summed E-state index contributed by atoms with van der Waals surface area (Å²) in [5, 5.41) is 11.8. The van der Waals surface area contributed by atoms with Crippen molar-refractivity contribution in [2.75, 3.05) is 39.3 Å². The molecule has 0 aromatic carbocycles. The van der Waals surface area contributed by atoms with Gasteiger partial charge in [0.2, 0.25) is 0 Å². The van der Waals surface area contributed by atoms with Gasteiger partial charge in [0, 0.05) is 31.1 Å². The molecule has 1 fully saturated rings. The Morgan fingerprint density at radius 1 is 1.33 bits per heavy atom. The predicted molar refractivity (Wildman–Crippen MR) is 77.2 cm³/mol. The summed E-state index contributed by atoms with van der Waals surface area (Å²) in [4.78, 5) is 6.29. The minimum Gasteiger partial charge on any atom is -0.394 e. The number of rotatable bonds is 5. The van der Waals surface area contributed by atoms with E-state index in [0.29, 0.717) is 0 Å². The fourth-order valence-corrected chi connectivity index (χ4v) is 3.76. The van der Waals surface area contributed by atoms with E-state index in [9.17, 15) is 5.11 Å². The topological polar surface area (TPSA) is 26.7 Å². The zero-order valence-electron chi connectivity index (χ0n) is 11.4. The zero-order chi connectivity index (χ0) is 13.0. The standard InChI is InChI=1S/C14H24N2OS/c1-3-5-15-6-8-16(9-7-15)13(11-17)14-12(2)4-10-18-14/h4,10,13,17H,3,5-9,11H2,1-2H3. The van der Waals surface area contributed by atoms with Gasteiger partial charge in [-0.15, -0.1) is 11.3 Å². The Labute approximate surface area is 114 Å². The van der Waals surface area contributed by atoms with Gasteiger partial charge in [-0.3, -0.25) is 4.90 Å². The third kappa shape index (κ3) is 3.12. The first kappa shape index (κ1) is 14.0. The van der Waals surface area contributed by atoms with Crippen LogP contribution in [0.5, 0.6) is 0 Å². The lowest BCUT2D eigenvalue weighted by Gasteiger charge is -2.38. The first-order valence-corrected chi connectivity index (χ1v) is 7.75. The Bertz CT molecular complexity index is 358. The Morgan fingerprint density at radius 3 is 2.56 bits per heavy atom. The highest BCUT2D eigenvalue weighted by molar-refractivity contribution is 7.10. The summed E-state index contributed by atoms with van der Waals surface area (Å²) < 4.78 is 0. The summed E-state index contributed by atoms with van der Waals surface area (Å²) >= 11 is 1.77. The fraction of sp³-hybridized carbons (Fsp3) is 0.714. The summed E-state index contributed by atoms with van der Waals surface area (Å²) in [6.07, 6.45) is 1.23. The third-order valence-corrected chi connectivity index (χ3v) is 4.88. The van der Waals surface area contributed by atoms with Crippen molar-refractivity contribution in [1.29, 1.82) is 0 Å². The normalized spacial score (nSPS) is 20.2. The number of hydrogen-bond acceptors (Lipinski definition) is 4. The molecule has 2 heterocycles. The van der Waals surface area contributed by atoms with Crippen LogP contribution >= 0.6 is 11.3 Å². The van der Waals surface area contributed by atoms with Gasteiger partial charge >= 0.3 is 0 Å². The maximum Gasteiger partial charge on any atom is 0.0678 e. The molecule has 1 saturated heterocycles. The molecular formula is C14H24N2OS. The molecule has 0 bridgehead atoms. The van der Waals surface area contributed by atoms with Crippen LogP contribution in [0.1, 0.15) is 29.8 Å². The molecule has 1 N–H and O–H groups in total. The predicted octanol–water partition coefficient (Wildman–Crippen LogP) is 2.12. The van der Waals surface area contributed by atoms with Crippen LogP contribution < -0.4 is 0 Å². The first-order valence-electron chi connectivity index (χ1n) is 6.87. The van der Waals surface area contributed by atoms with Crippen LogP contribution in [0, 0.1) is 6.92 Å². The molecule has 0 spiro atoms. The molecule has 0 radical (unpaired) electrons. The monoisotopic (exact) mass is 268 g/mol. The highest BCUT2D eigenvalue weighted by atomic mass is 32.1. The van der Waals surface area contributed by atoms with Gasteiger partial charge in [-0.2, -0.15) is 0 Å². The molecule has 18 heavy (non-hydrogen) atoms. The average molecular weight is 268 g/mol. The van der Waals surface area contributed by atoms with Crippen molar-refractivity contribution in [2.24, 2.45) is 0 Å². The number of aliphatic hydroxyl groups excluding tert-OH is 1. The molecule has 1 atom stereocenters. The van der Waals surface area contributed by atoms with Gasteiger partial charge in [0.15, 0.2) is 0 Å². The summed E-state index contributed by atoms with van der Waals surface area (Å²) in [6, 6.07) is 2.35. The van der Waals surface area contributed by atoms with E-state index in [1.54, 1.807) is 11.3 Å². The van der Waals surface area contributed by atoms with Crippen LogP contribution in [-0.2, 0) is 0 Å². The molecule has 2 rings (SSSR count). The molecule has 1 unspecified atom stereocenters. The number of thiophene rings is 1. The van der Waals surface area contributed by atoms with Crippen molar-refractivity contribution in [3.63, 3.8) is 0 Å². The Kier molecular flexibility index (Phi) is 5.18. The van der Waals surface area contributed by atoms with E-state index in [1.165, 1.54) is 23.4 Å². The molecule has 1 aliphatic rings. The van der Waals surface area contributed by atoms with Crippen molar-refractivity contribution in [1.82, 2.24) is 9.80 Å². The minimum atomic E-state index is 0.203. The summed E-state index contributed by atoms with van der Waals surface area (Å²) in [5.41, 5.74) is 1.31. The minimum absolute atomic E-state index is 0.203. The molecule has 0 amide bonds. The highest BCUT2D eigenvalue weighted by Crippen LogP contribution is 2.29. The smallest absolute Gasteiger partial charge is 0.0678 e. The van der Waals surface area contributed by atoms with Crippen LogP contribution in [0.4, 0.5) is 0 Å². The maximum atomic E-state index is 9.70. The summed E-state index contributed by atoms with van der Waals surface area (Å²) in [7, 11) is 0. The lowest BCUT2D eigenvalue weighted by atomic mass is 10.1. The molecule has 0 aliphatic carbocycles. The van der Waals surface area contributed by atoms with E-state index in [1.807, 2.05) is 0 Å². The van der Waals surface area contributed by atoms with Crippen LogP contribution in [0.3, 0.4) is 0 Å². The van der Waals surface area contributed by atoms with E-state index in [0.717, 1.165) is 26.2 Å². The quantitative estimate of drug-likeness (QED) is 0.886. The molecule has 3 nitrogen and oxygen atoms in total. The lowest BCUT2D eigenvalue weighted by molar-refractivity contribution is 0.0664. The number of nitrogens with zero attached hydrogens (tertiary/aromatic N) is 2. The summed E-state index contributed by atoms with van der Waals surface area (Å²) in [6.45, 7) is 10.2. The third-order valence-electron chi connectivity index (χ3n) is 3.76. The van der Waals surface area contributed by atoms with Crippen LogP contribution in [0.25, 0.3) is 0 Å². The second-order valence-corrected chi connectivity index (χ2v) is 5.99. The molecule has 4 heteroatoms. The van der Waals surface area contributed by atoms with Gasteiger partial charge in [0.05, 0.1) is 12.6 Å². The van der Waals surface area contributed by atoms with Crippen molar-refractivity contribution in [2.45, 2.75) is 26.3 Å². The highest BCUT2D eigenvalue weighted by Gasteiger charge is 2.25. The fourth-order valence-electron chi connectivity index (χ4n) is 2.70. The van der Waals surface area contributed by atoms with Crippen molar-refractivity contribution < 1.29 is 5.11 Å². The molecule has 0 saturated carbocycles. The van der Waals surface area contributed by atoms with E-state index in [2.05, 4.69) is 35.1 Å². The number of hydrogen-bond donors (Lipinski definition) is 1. The Morgan fingerprint density at radius 2 is 2.06 bits per heavy atom. The molecular weight excluding hydrogens is 244 g/mol.